The Kier molecular flexibility index (Phi) is 5.05. The highest BCUT2D eigenvalue weighted by Crippen LogP contribution is 2.40. The van der Waals surface area contributed by atoms with Crippen molar-refractivity contribution in [3.8, 4) is 12.3 Å². The Bertz CT molecular complexity index is 372. The fourth-order valence-electron chi connectivity index (χ4n) is 2.53. The molecule has 3 heteroatoms. The maximum atomic E-state index is 11.9. The topological polar surface area (TPSA) is 35.5 Å². The van der Waals surface area contributed by atoms with E-state index in [-0.39, 0.29) is 5.92 Å². The van der Waals surface area contributed by atoms with Crippen molar-refractivity contribution >= 4 is 6.16 Å². The Hall–Kier alpha value is -1.43. The minimum atomic E-state index is -0.674. The number of ether oxygens (including phenoxy) is 2. The van der Waals surface area contributed by atoms with Crippen LogP contribution in [0.3, 0.4) is 0 Å². The van der Waals surface area contributed by atoms with E-state index in [2.05, 4.69) is 12.5 Å². The molecular formula is C16H24O3. The first-order valence-corrected chi connectivity index (χ1v) is 6.82. The van der Waals surface area contributed by atoms with Gasteiger partial charge >= 0.3 is 6.16 Å². The molecule has 0 aromatic carbocycles. The molecule has 0 heterocycles. The van der Waals surface area contributed by atoms with Gasteiger partial charge in [-0.25, -0.2) is 4.79 Å². The fourth-order valence-corrected chi connectivity index (χ4v) is 2.53. The van der Waals surface area contributed by atoms with Crippen LogP contribution in [0.2, 0.25) is 0 Å². The van der Waals surface area contributed by atoms with Crippen molar-refractivity contribution in [3.63, 3.8) is 0 Å². The van der Waals surface area contributed by atoms with Crippen molar-refractivity contribution in [2.45, 2.75) is 64.1 Å². The molecule has 0 bridgehead atoms. The van der Waals surface area contributed by atoms with Crippen molar-refractivity contribution in [3.05, 3.63) is 12.7 Å². The molecule has 106 valence electrons. The Labute approximate surface area is 116 Å². The smallest absolute Gasteiger partial charge is 0.429 e. The van der Waals surface area contributed by atoms with Gasteiger partial charge in [0, 0.05) is 12.3 Å². The van der Waals surface area contributed by atoms with E-state index in [0.29, 0.717) is 6.42 Å². The third-order valence-corrected chi connectivity index (χ3v) is 3.43. The van der Waals surface area contributed by atoms with Crippen LogP contribution in [0.5, 0.6) is 0 Å². The molecule has 2 atom stereocenters. The highest BCUT2D eigenvalue weighted by atomic mass is 16.7. The number of hydrogen-bond acceptors (Lipinski definition) is 3. The summed E-state index contributed by atoms with van der Waals surface area (Å²) in [6.07, 6.45) is 10.9. The van der Waals surface area contributed by atoms with Crippen LogP contribution in [0.4, 0.5) is 4.79 Å². The Balaban J connectivity index is 2.80. The quantitative estimate of drug-likeness (QED) is 0.438. The second-order valence-electron chi connectivity index (χ2n) is 6.08. The van der Waals surface area contributed by atoms with Crippen LogP contribution in [-0.2, 0) is 9.47 Å². The summed E-state index contributed by atoms with van der Waals surface area (Å²) in [6.45, 7) is 9.28. The molecule has 1 fully saturated rings. The molecule has 0 amide bonds. The predicted octanol–water partition coefficient (Wildman–Crippen LogP) is 4.08. The number of rotatable bonds is 3. The molecule has 0 radical (unpaired) electrons. The summed E-state index contributed by atoms with van der Waals surface area (Å²) in [4.78, 5) is 11.9. The normalized spacial score (nSPS) is 27.2. The van der Waals surface area contributed by atoms with Gasteiger partial charge in [0.25, 0.3) is 0 Å². The molecule has 0 saturated heterocycles. The number of hydrogen-bond donors (Lipinski definition) is 0. The van der Waals surface area contributed by atoms with Gasteiger partial charge in [-0.2, -0.15) is 0 Å². The largest absolute Gasteiger partial charge is 0.509 e. The van der Waals surface area contributed by atoms with Crippen LogP contribution in [0.15, 0.2) is 12.7 Å². The minimum absolute atomic E-state index is 0.135. The Morgan fingerprint density at radius 1 is 1.53 bits per heavy atom. The van der Waals surface area contributed by atoms with Crippen molar-refractivity contribution in [2.24, 2.45) is 5.92 Å². The molecule has 1 rings (SSSR count). The van der Waals surface area contributed by atoms with Crippen molar-refractivity contribution < 1.29 is 14.3 Å². The number of carbonyl (C=O) groups excluding carboxylic acids is 1. The average Bonchev–Trinajstić information content (AvgIpc) is 2.29. The minimum Gasteiger partial charge on any atom is -0.429 e. The van der Waals surface area contributed by atoms with Gasteiger partial charge in [-0.15, -0.1) is 12.3 Å². The fraction of sp³-hybridized carbons (Fsp3) is 0.688. The van der Waals surface area contributed by atoms with Crippen LogP contribution in [0.1, 0.15) is 52.9 Å². The van der Waals surface area contributed by atoms with Crippen LogP contribution in [0, 0.1) is 18.3 Å². The van der Waals surface area contributed by atoms with E-state index in [0.717, 1.165) is 25.7 Å². The number of terminal acetylenes is 1. The lowest BCUT2D eigenvalue weighted by Crippen LogP contribution is -2.44. The third kappa shape index (κ3) is 4.31. The van der Waals surface area contributed by atoms with Crippen LogP contribution < -0.4 is 0 Å². The summed E-state index contributed by atoms with van der Waals surface area (Å²) in [6, 6.07) is 0. The monoisotopic (exact) mass is 264 g/mol. The van der Waals surface area contributed by atoms with E-state index < -0.39 is 17.4 Å². The van der Waals surface area contributed by atoms with Crippen molar-refractivity contribution in [2.75, 3.05) is 0 Å². The molecule has 0 N–H and O–H groups in total. The Morgan fingerprint density at radius 2 is 2.21 bits per heavy atom. The third-order valence-electron chi connectivity index (χ3n) is 3.43. The van der Waals surface area contributed by atoms with E-state index in [1.807, 2.05) is 20.8 Å². The maximum Gasteiger partial charge on any atom is 0.509 e. The summed E-state index contributed by atoms with van der Waals surface area (Å²) in [5, 5.41) is 0. The van der Waals surface area contributed by atoms with Crippen LogP contribution in [0.25, 0.3) is 0 Å². The number of carbonyl (C=O) groups is 1. The molecule has 0 aromatic heterocycles. The summed E-state index contributed by atoms with van der Waals surface area (Å²) >= 11 is 0. The van der Waals surface area contributed by atoms with Crippen molar-refractivity contribution in [1.82, 2.24) is 0 Å². The van der Waals surface area contributed by atoms with Gasteiger partial charge < -0.3 is 9.47 Å². The van der Waals surface area contributed by atoms with Crippen molar-refractivity contribution in [1.29, 1.82) is 0 Å². The zero-order valence-corrected chi connectivity index (χ0v) is 12.2. The van der Waals surface area contributed by atoms with Gasteiger partial charge in [0.2, 0.25) is 0 Å². The van der Waals surface area contributed by atoms with Crippen LogP contribution >= 0.6 is 0 Å². The first-order valence-electron chi connectivity index (χ1n) is 6.82. The molecular weight excluding hydrogens is 240 g/mol. The summed E-state index contributed by atoms with van der Waals surface area (Å²) in [7, 11) is 0. The summed E-state index contributed by atoms with van der Waals surface area (Å²) in [5.41, 5.74) is -1.23. The SMILES string of the molecule is C#CC[C@H]1CCCC[C@@]1(C=C)OC(=O)OC(C)(C)C. The molecule has 1 aliphatic rings. The van der Waals surface area contributed by atoms with E-state index in [9.17, 15) is 4.79 Å². The lowest BCUT2D eigenvalue weighted by atomic mass is 9.74. The molecule has 19 heavy (non-hydrogen) atoms. The van der Waals surface area contributed by atoms with E-state index >= 15 is 0 Å². The van der Waals surface area contributed by atoms with Gasteiger partial charge in [-0.3, -0.25) is 0 Å². The predicted molar refractivity (Wildman–Crippen MR) is 75.7 cm³/mol. The van der Waals surface area contributed by atoms with Gasteiger partial charge in [-0.1, -0.05) is 13.0 Å². The zero-order chi connectivity index (χ0) is 14.5. The molecule has 1 saturated carbocycles. The highest BCUT2D eigenvalue weighted by Gasteiger charge is 2.42. The zero-order valence-electron chi connectivity index (χ0n) is 12.2. The second kappa shape index (κ2) is 6.14. The lowest BCUT2D eigenvalue weighted by molar-refractivity contribution is -0.0805. The maximum absolute atomic E-state index is 11.9. The van der Waals surface area contributed by atoms with E-state index in [4.69, 9.17) is 15.9 Å². The summed E-state index contributed by atoms with van der Waals surface area (Å²) in [5.74, 6) is 2.80. The first kappa shape index (κ1) is 15.6. The van der Waals surface area contributed by atoms with E-state index in [1.165, 1.54) is 0 Å². The molecule has 0 unspecified atom stereocenters. The van der Waals surface area contributed by atoms with Gasteiger partial charge in [0.15, 0.2) is 0 Å². The van der Waals surface area contributed by atoms with Gasteiger partial charge in [-0.05, 0) is 46.1 Å². The average molecular weight is 264 g/mol. The lowest BCUT2D eigenvalue weighted by Gasteiger charge is -2.40. The molecule has 1 aliphatic carbocycles. The van der Waals surface area contributed by atoms with Gasteiger partial charge in [0.1, 0.15) is 11.2 Å². The standard InChI is InChI=1S/C16H24O3/c1-6-10-13-11-8-9-12-16(13,7-2)19-14(17)18-15(3,4)5/h1,7,13H,2,8-12H2,3-5H3/t13-,16+/m0/s1. The van der Waals surface area contributed by atoms with E-state index in [1.54, 1.807) is 6.08 Å². The molecule has 3 nitrogen and oxygen atoms in total. The molecule has 0 aliphatic heterocycles. The van der Waals surface area contributed by atoms with Gasteiger partial charge in [0.05, 0.1) is 0 Å². The first-order chi connectivity index (χ1) is 8.83. The second-order valence-corrected chi connectivity index (χ2v) is 6.08. The molecule has 0 spiro atoms. The summed E-state index contributed by atoms with van der Waals surface area (Å²) < 4.78 is 10.8. The molecule has 0 aromatic rings. The Morgan fingerprint density at radius 3 is 2.74 bits per heavy atom. The highest BCUT2D eigenvalue weighted by molar-refractivity contribution is 5.61. The van der Waals surface area contributed by atoms with Crippen LogP contribution in [-0.4, -0.2) is 17.4 Å².